The number of carbonyl (C=O) groups is 1. The van der Waals surface area contributed by atoms with Crippen molar-refractivity contribution in [3.05, 3.63) is 34.3 Å². The van der Waals surface area contributed by atoms with Crippen LogP contribution in [0.25, 0.3) is 11.1 Å². The molecule has 2 N–H and O–H groups in total. The summed E-state index contributed by atoms with van der Waals surface area (Å²) in [5.41, 5.74) is -0.170. The van der Waals surface area contributed by atoms with Crippen LogP contribution in [-0.2, 0) is 6.18 Å². The smallest absolute Gasteiger partial charge is 0.416 e. The van der Waals surface area contributed by atoms with Crippen LogP contribution in [0.5, 0.6) is 0 Å². The highest BCUT2D eigenvalue weighted by Crippen LogP contribution is 2.33. The van der Waals surface area contributed by atoms with Crippen molar-refractivity contribution in [1.82, 2.24) is 15.3 Å². The number of nitrogens with zero attached hydrogens (tertiary/aromatic N) is 2. The van der Waals surface area contributed by atoms with Gasteiger partial charge in [0.25, 0.3) is 5.91 Å². The van der Waals surface area contributed by atoms with Crippen molar-refractivity contribution in [2.45, 2.75) is 32.0 Å². The SMILES string of the molecule is Cc1sc(Nc2nc3cc(C(F)(F)F)ccc3o2)nc1C(=O)NC1CC1. The minimum atomic E-state index is -4.45. The summed E-state index contributed by atoms with van der Waals surface area (Å²) in [5.74, 6) is -0.235. The van der Waals surface area contributed by atoms with Crippen molar-refractivity contribution in [1.29, 1.82) is 0 Å². The zero-order valence-electron chi connectivity index (χ0n) is 13.5. The Labute approximate surface area is 149 Å². The molecule has 3 aromatic rings. The van der Waals surface area contributed by atoms with Crippen molar-refractivity contribution in [3.63, 3.8) is 0 Å². The highest BCUT2D eigenvalue weighted by molar-refractivity contribution is 7.15. The van der Waals surface area contributed by atoms with Crippen LogP contribution in [-0.4, -0.2) is 21.9 Å². The summed E-state index contributed by atoms with van der Waals surface area (Å²) < 4.78 is 43.7. The Kier molecular flexibility index (Phi) is 3.87. The normalized spacial score (nSPS) is 14.6. The van der Waals surface area contributed by atoms with Gasteiger partial charge in [-0.2, -0.15) is 18.2 Å². The number of anilines is 2. The van der Waals surface area contributed by atoms with E-state index in [1.807, 2.05) is 0 Å². The van der Waals surface area contributed by atoms with E-state index in [1.54, 1.807) is 6.92 Å². The largest absolute Gasteiger partial charge is 0.423 e. The van der Waals surface area contributed by atoms with E-state index in [2.05, 4.69) is 20.6 Å². The van der Waals surface area contributed by atoms with Crippen molar-refractivity contribution < 1.29 is 22.4 Å². The van der Waals surface area contributed by atoms with E-state index in [1.165, 1.54) is 17.4 Å². The molecule has 1 aromatic carbocycles. The van der Waals surface area contributed by atoms with E-state index in [4.69, 9.17) is 4.42 Å². The van der Waals surface area contributed by atoms with Gasteiger partial charge in [-0.1, -0.05) is 0 Å². The van der Waals surface area contributed by atoms with Gasteiger partial charge in [-0.25, -0.2) is 4.98 Å². The molecule has 0 aliphatic heterocycles. The minimum Gasteiger partial charge on any atom is -0.423 e. The maximum absolute atomic E-state index is 12.8. The van der Waals surface area contributed by atoms with E-state index in [0.717, 1.165) is 29.9 Å². The van der Waals surface area contributed by atoms with Crippen LogP contribution < -0.4 is 10.6 Å². The Morgan fingerprint density at radius 3 is 2.77 bits per heavy atom. The first-order valence-electron chi connectivity index (χ1n) is 7.83. The molecule has 136 valence electrons. The number of aromatic nitrogens is 2. The minimum absolute atomic E-state index is 0.0159. The molecule has 1 amide bonds. The van der Waals surface area contributed by atoms with Gasteiger partial charge < -0.3 is 9.73 Å². The van der Waals surface area contributed by atoms with Gasteiger partial charge in [0.05, 0.1) is 5.56 Å². The third-order valence-electron chi connectivity index (χ3n) is 3.85. The predicted molar refractivity (Wildman–Crippen MR) is 89.6 cm³/mol. The molecular weight excluding hydrogens is 369 g/mol. The summed E-state index contributed by atoms with van der Waals surface area (Å²) in [5, 5.41) is 6.05. The second kappa shape index (κ2) is 5.97. The predicted octanol–water partition coefficient (Wildman–Crippen LogP) is 4.25. The van der Waals surface area contributed by atoms with E-state index >= 15 is 0 Å². The summed E-state index contributed by atoms with van der Waals surface area (Å²) in [6, 6.07) is 3.32. The summed E-state index contributed by atoms with van der Waals surface area (Å²) in [7, 11) is 0. The van der Waals surface area contributed by atoms with Crippen LogP contribution in [0.4, 0.5) is 24.3 Å². The van der Waals surface area contributed by atoms with E-state index in [-0.39, 0.29) is 29.1 Å². The summed E-state index contributed by atoms with van der Waals surface area (Å²) in [4.78, 5) is 21.1. The molecule has 0 atom stereocenters. The van der Waals surface area contributed by atoms with Gasteiger partial charge in [0.2, 0.25) is 0 Å². The lowest BCUT2D eigenvalue weighted by atomic mass is 10.2. The Morgan fingerprint density at radius 2 is 2.08 bits per heavy atom. The fraction of sp³-hybridized carbons (Fsp3) is 0.312. The van der Waals surface area contributed by atoms with Crippen LogP contribution in [0.3, 0.4) is 0 Å². The monoisotopic (exact) mass is 382 g/mol. The zero-order chi connectivity index (χ0) is 18.5. The second-order valence-corrected chi connectivity index (χ2v) is 7.20. The molecular formula is C16H13F3N4O2S. The van der Waals surface area contributed by atoms with Gasteiger partial charge in [-0.3, -0.25) is 10.1 Å². The molecule has 2 heterocycles. The number of thiazole rings is 1. The molecule has 1 saturated carbocycles. The average molecular weight is 382 g/mol. The van der Waals surface area contributed by atoms with E-state index in [0.29, 0.717) is 10.8 Å². The molecule has 26 heavy (non-hydrogen) atoms. The number of halogens is 3. The lowest BCUT2D eigenvalue weighted by Crippen LogP contribution is -2.26. The standard InChI is InChI=1S/C16H13F3N4O2S/c1-7-12(13(24)20-9-3-4-9)22-15(26-7)23-14-21-10-6-8(16(17,18)19)2-5-11(10)25-14/h2,5-6,9H,3-4H2,1H3,(H,20,24)(H,21,22,23). The number of aryl methyl sites for hydroxylation is 1. The number of amides is 1. The molecule has 1 aliphatic carbocycles. The Balaban J connectivity index is 1.56. The molecule has 0 saturated heterocycles. The molecule has 1 fully saturated rings. The first-order valence-corrected chi connectivity index (χ1v) is 8.64. The lowest BCUT2D eigenvalue weighted by molar-refractivity contribution is -0.137. The summed E-state index contributed by atoms with van der Waals surface area (Å²) in [6.45, 7) is 1.77. The number of benzene rings is 1. The van der Waals surface area contributed by atoms with E-state index < -0.39 is 11.7 Å². The van der Waals surface area contributed by atoms with Crippen molar-refractivity contribution in [2.75, 3.05) is 5.32 Å². The maximum atomic E-state index is 12.8. The Morgan fingerprint density at radius 1 is 1.31 bits per heavy atom. The van der Waals surface area contributed by atoms with Crippen LogP contribution >= 0.6 is 11.3 Å². The third-order valence-corrected chi connectivity index (χ3v) is 4.74. The molecule has 0 spiro atoms. The number of hydrogen-bond donors (Lipinski definition) is 2. The molecule has 10 heteroatoms. The summed E-state index contributed by atoms with van der Waals surface area (Å²) in [6.07, 6.45) is -2.50. The Hall–Kier alpha value is -2.62. The number of hydrogen-bond acceptors (Lipinski definition) is 6. The van der Waals surface area contributed by atoms with Gasteiger partial charge in [0, 0.05) is 10.9 Å². The van der Waals surface area contributed by atoms with Crippen molar-refractivity contribution in [3.8, 4) is 0 Å². The second-order valence-electron chi connectivity index (χ2n) is 6.00. The molecule has 4 rings (SSSR count). The van der Waals surface area contributed by atoms with Crippen LogP contribution in [0.15, 0.2) is 22.6 Å². The number of rotatable bonds is 4. The fourth-order valence-electron chi connectivity index (χ4n) is 2.39. The average Bonchev–Trinajstić information content (AvgIpc) is 3.15. The van der Waals surface area contributed by atoms with Gasteiger partial charge in [-0.15, -0.1) is 11.3 Å². The van der Waals surface area contributed by atoms with E-state index in [9.17, 15) is 18.0 Å². The fourth-order valence-corrected chi connectivity index (χ4v) is 3.19. The van der Waals surface area contributed by atoms with Crippen LogP contribution in [0.1, 0.15) is 33.8 Å². The zero-order valence-corrected chi connectivity index (χ0v) is 14.3. The number of fused-ring (bicyclic) bond motifs is 1. The Bertz CT molecular complexity index is 991. The van der Waals surface area contributed by atoms with Crippen molar-refractivity contribution >= 4 is 39.5 Å². The quantitative estimate of drug-likeness (QED) is 0.705. The first-order chi connectivity index (χ1) is 12.3. The van der Waals surface area contributed by atoms with Gasteiger partial charge >= 0.3 is 12.2 Å². The van der Waals surface area contributed by atoms with Crippen LogP contribution in [0, 0.1) is 6.92 Å². The molecule has 2 aromatic heterocycles. The van der Waals surface area contributed by atoms with Gasteiger partial charge in [0.15, 0.2) is 10.7 Å². The number of nitrogens with one attached hydrogen (secondary N) is 2. The highest BCUT2D eigenvalue weighted by atomic mass is 32.1. The lowest BCUT2D eigenvalue weighted by Gasteiger charge is -2.04. The molecule has 0 unspecified atom stereocenters. The van der Waals surface area contributed by atoms with Crippen molar-refractivity contribution in [2.24, 2.45) is 0 Å². The summed E-state index contributed by atoms with van der Waals surface area (Å²) >= 11 is 1.24. The third kappa shape index (κ3) is 3.36. The molecule has 0 bridgehead atoms. The molecule has 0 radical (unpaired) electrons. The van der Waals surface area contributed by atoms with Gasteiger partial charge in [-0.05, 0) is 38.0 Å². The number of alkyl halides is 3. The van der Waals surface area contributed by atoms with Crippen LogP contribution in [0.2, 0.25) is 0 Å². The van der Waals surface area contributed by atoms with Gasteiger partial charge in [0.1, 0.15) is 11.2 Å². The maximum Gasteiger partial charge on any atom is 0.416 e. The molecule has 6 nitrogen and oxygen atoms in total. The topological polar surface area (TPSA) is 80.1 Å². The molecule has 1 aliphatic rings. The number of oxazole rings is 1. The number of carbonyl (C=O) groups excluding carboxylic acids is 1. The first kappa shape index (κ1) is 16.8. The highest BCUT2D eigenvalue weighted by Gasteiger charge is 2.31.